The minimum absolute atomic E-state index is 0.508. The molecule has 1 N–H and O–H groups in total. The molecule has 5 nitrogen and oxygen atoms in total. The first-order chi connectivity index (χ1) is 12.3. The number of hydrogen-bond donors (Lipinski definition) is 1. The molecule has 5 heteroatoms. The zero-order valence-electron chi connectivity index (χ0n) is 14.4. The van der Waals surface area contributed by atoms with E-state index in [0.29, 0.717) is 11.9 Å². The number of aromatic amines is 1. The zero-order chi connectivity index (χ0) is 16.8. The molecule has 0 saturated heterocycles. The lowest BCUT2D eigenvalue weighted by Gasteiger charge is -2.34. The third-order valence-electron chi connectivity index (χ3n) is 5.40. The number of hydrogen-bond acceptors (Lipinski definition) is 4. The molecule has 1 aliphatic carbocycles. The minimum atomic E-state index is 0.508. The average Bonchev–Trinajstić information content (AvgIpc) is 3.30. The predicted molar refractivity (Wildman–Crippen MR) is 96.7 cm³/mol. The lowest BCUT2D eigenvalue weighted by atomic mass is 9.99. The molecule has 2 aliphatic rings. The number of aromatic nitrogens is 3. The monoisotopic (exact) mass is 334 g/mol. The van der Waals surface area contributed by atoms with Gasteiger partial charge in [0.05, 0.1) is 5.69 Å². The van der Waals surface area contributed by atoms with Crippen LogP contribution in [0.5, 0.6) is 11.6 Å². The Morgan fingerprint density at radius 1 is 1.24 bits per heavy atom. The molecule has 3 aromatic rings. The summed E-state index contributed by atoms with van der Waals surface area (Å²) < 4.78 is 6.15. The normalized spacial score (nSPS) is 20.6. The van der Waals surface area contributed by atoms with Crippen LogP contribution in [0.4, 0.5) is 0 Å². The van der Waals surface area contributed by atoms with E-state index >= 15 is 0 Å². The van der Waals surface area contributed by atoms with Gasteiger partial charge in [-0.05, 0) is 56.4 Å². The fourth-order valence-electron chi connectivity index (χ4n) is 3.72. The fourth-order valence-corrected chi connectivity index (χ4v) is 3.72. The first kappa shape index (κ1) is 14.9. The van der Waals surface area contributed by atoms with Crippen LogP contribution >= 0.6 is 0 Å². The smallest absolute Gasteiger partial charge is 0.225 e. The summed E-state index contributed by atoms with van der Waals surface area (Å²) in [6, 6.07) is 8.63. The minimum Gasteiger partial charge on any atom is -0.439 e. The van der Waals surface area contributed by atoms with E-state index in [9.17, 15) is 0 Å². The van der Waals surface area contributed by atoms with E-state index in [2.05, 4.69) is 32.8 Å². The maximum absolute atomic E-state index is 6.15. The van der Waals surface area contributed by atoms with Gasteiger partial charge in [0.15, 0.2) is 0 Å². The van der Waals surface area contributed by atoms with Crippen molar-refractivity contribution in [2.75, 3.05) is 6.54 Å². The van der Waals surface area contributed by atoms with Crippen molar-refractivity contribution >= 4 is 10.9 Å². The Bertz CT molecular complexity index is 915. The van der Waals surface area contributed by atoms with Crippen LogP contribution in [0.3, 0.4) is 0 Å². The topological polar surface area (TPSA) is 54.0 Å². The van der Waals surface area contributed by atoms with Gasteiger partial charge >= 0.3 is 0 Å². The van der Waals surface area contributed by atoms with Gasteiger partial charge in [-0.3, -0.25) is 4.90 Å². The van der Waals surface area contributed by atoms with E-state index < -0.39 is 0 Å². The number of nitrogens with one attached hydrogen (secondary N) is 1. The van der Waals surface area contributed by atoms with E-state index in [0.717, 1.165) is 46.8 Å². The number of benzene rings is 1. The third-order valence-corrected chi connectivity index (χ3v) is 5.40. The second-order valence-electron chi connectivity index (χ2n) is 7.36. The van der Waals surface area contributed by atoms with Crippen LogP contribution in [0.1, 0.15) is 31.0 Å². The van der Waals surface area contributed by atoms with Gasteiger partial charge in [0.1, 0.15) is 12.1 Å². The summed E-state index contributed by atoms with van der Waals surface area (Å²) in [6.45, 7) is 4.40. The lowest BCUT2D eigenvalue weighted by molar-refractivity contribution is 0.171. The van der Waals surface area contributed by atoms with Gasteiger partial charge in [-0.15, -0.1) is 0 Å². The molecule has 1 fully saturated rings. The molecule has 2 aromatic heterocycles. The number of nitrogens with zero attached hydrogens (tertiary/aromatic N) is 3. The molecule has 25 heavy (non-hydrogen) atoms. The predicted octanol–water partition coefficient (Wildman–Crippen LogP) is 3.91. The summed E-state index contributed by atoms with van der Waals surface area (Å²) in [4.78, 5) is 14.7. The number of rotatable bonds is 4. The second-order valence-corrected chi connectivity index (χ2v) is 7.36. The largest absolute Gasteiger partial charge is 0.439 e. The molecule has 0 amide bonds. The Morgan fingerprint density at radius 3 is 3.04 bits per heavy atom. The Labute approximate surface area is 147 Å². The summed E-state index contributed by atoms with van der Waals surface area (Å²) in [5, 5.41) is 1.14. The highest BCUT2D eigenvalue weighted by Gasteiger charge is 2.31. The van der Waals surface area contributed by atoms with Crippen molar-refractivity contribution in [1.29, 1.82) is 0 Å². The van der Waals surface area contributed by atoms with Crippen molar-refractivity contribution in [2.24, 2.45) is 5.92 Å². The van der Waals surface area contributed by atoms with Crippen LogP contribution in [-0.4, -0.2) is 32.4 Å². The SMILES string of the molecule is C[C@H]1Cc2c(ncnc2Oc2ccc3[nH]ccc3c2)CN1CC1CC1. The molecule has 1 aliphatic heterocycles. The van der Waals surface area contributed by atoms with Crippen LogP contribution in [0.15, 0.2) is 36.8 Å². The summed E-state index contributed by atoms with van der Waals surface area (Å²) in [5.41, 5.74) is 3.39. The van der Waals surface area contributed by atoms with Crippen LogP contribution < -0.4 is 4.74 Å². The van der Waals surface area contributed by atoms with Gasteiger partial charge in [0.2, 0.25) is 5.88 Å². The summed E-state index contributed by atoms with van der Waals surface area (Å²) >= 11 is 0. The van der Waals surface area contributed by atoms with Gasteiger partial charge in [-0.25, -0.2) is 9.97 Å². The van der Waals surface area contributed by atoms with Crippen LogP contribution in [-0.2, 0) is 13.0 Å². The highest BCUT2D eigenvalue weighted by Crippen LogP contribution is 2.35. The van der Waals surface area contributed by atoms with Gasteiger partial charge in [-0.1, -0.05) is 0 Å². The first-order valence-electron chi connectivity index (χ1n) is 9.08. The maximum atomic E-state index is 6.15. The molecule has 3 heterocycles. The molecular weight excluding hydrogens is 312 g/mol. The van der Waals surface area contributed by atoms with Gasteiger partial charge < -0.3 is 9.72 Å². The summed E-state index contributed by atoms with van der Waals surface area (Å²) in [7, 11) is 0. The molecule has 1 atom stereocenters. The Morgan fingerprint density at radius 2 is 2.16 bits per heavy atom. The number of ether oxygens (including phenoxy) is 1. The highest BCUT2D eigenvalue weighted by molar-refractivity contribution is 5.80. The van der Waals surface area contributed by atoms with Crippen molar-refractivity contribution in [3.63, 3.8) is 0 Å². The van der Waals surface area contributed by atoms with Crippen molar-refractivity contribution < 1.29 is 4.74 Å². The van der Waals surface area contributed by atoms with Crippen molar-refractivity contribution in [3.8, 4) is 11.6 Å². The van der Waals surface area contributed by atoms with E-state index in [1.165, 1.54) is 19.4 Å². The van der Waals surface area contributed by atoms with E-state index in [1.807, 2.05) is 24.4 Å². The van der Waals surface area contributed by atoms with E-state index in [1.54, 1.807) is 6.33 Å². The molecule has 0 radical (unpaired) electrons. The molecular formula is C20H22N4O. The molecule has 128 valence electrons. The first-order valence-corrected chi connectivity index (χ1v) is 9.08. The molecule has 0 unspecified atom stereocenters. The zero-order valence-corrected chi connectivity index (χ0v) is 14.4. The van der Waals surface area contributed by atoms with E-state index in [-0.39, 0.29) is 0 Å². The molecule has 1 saturated carbocycles. The highest BCUT2D eigenvalue weighted by atomic mass is 16.5. The van der Waals surface area contributed by atoms with Gasteiger partial charge in [0.25, 0.3) is 0 Å². The Hall–Kier alpha value is -2.40. The molecule has 0 spiro atoms. The molecule has 1 aromatic carbocycles. The van der Waals surface area contributed by atoms with Crippen LogP contribution in [0, 0.1) is 5.92 Å². The van der Waals surface area contributed by atoms with Gasteiger partial charge in [0, 0.05) is 41.8 Å². The van der Waals surface area contributed by atoms with Crippen LogP contribution in [0.25, 0.3) is 10.9 Å². The van der Waals surface area contributed by atoms with Crippen LogP contribution in [0.2, 0.25) is 0 Å². The molecule has 0 bridgehead atoms. The summed E-state index contributed by atoms with van der Waals surface area (Å²) in [5.74, 6) is 2.42. The Kier molecular flexibility index (Phi) is 3.48. The third kappa shape index (κ3) is 2.89. The van der Waals surface area contributed by atoms with Crippen molar-refractivity contribution in [1.82, 2.24) is 19.9 Å². The standard InChI is InChI=1S/C20H22N4O/c1-13-8-17-19(11-24(13)10-14-2-3-14)22-12-23-20(17)25-16-4-5-18-15(9-16)6-7-21-18/h4-7,9,12-14,21H,2-3,8,10-11H2,1H3/t13-/m0/s1. The van der Waals surface area contributed by atoms with Crippen molar-refractivity contribution in [2.45, 2.75) is 38.8 Å². The molecule has 5 rings (SSSR count). The second kappa shape index (κ2) is 5.85. The fraction of sp³-hybridized carbons (Fsp3) is 0.400. The Balaban J connectivity index is 1.42. The van der Waals surface area contributed by atoms with Crippen molar-refractivity contribution in [3.05, 3.63) is 48.0 Å². The summed E-state index contributed by atoms with van der Waals surface area (Å²) in [6.07, 6.45) is 7.29. The maximum Gasteiger partial charge on any atom is 0.225 e. The number of fused-ring (bicyclic) bond motifs is 2. The van der Waals surface area contributed by atoms with Gasteiger partial charge in [-0.2, -0.15) is 0 Å². The quantitative estimate of drug-likeness (QED) is 0.786. The number of H-pyrrole nitrogens is 1. The average molecular weight is 334 g/mol. The lowest BCUT2D eigenvalue weighted by Crippen LogP contribution is -2.40. The van der Waals surface area contributed by atoms with E-state index in [4.69, 9.17) is 4.74 Å².